The van der Waals surface area contributed by atoms with Gasteiger partial charge in [-0.1, -0.05) is 0 Å². The highest BCUT2D eigenvalue weighted by molar-refractivity contribution is 5.25. The van der Waals surface area contributed by atoms with Gasteiger partial charge in [-0.2, -0.15) is 0 Å². The van der Waals surface area contributed by atoms with Gasteiger partial charge in [0.2, 0.25) is 0 Å². The van der Waals surface area contributed by atoms with Gasteiger partial charge in [0, 0.05) is 6.04 Å². The summed E-state index contributed by atoms with van der Waals surface area (Å²) >= 11 is 0. The van der Waals surface area contributed by atoms with E-state index < -0.39 is 0 Å². The number of halogens is 2. The van der Waals surface area contributed by atoms with Crippen LogP contribution in [0.15, 0.2) is 12.1 Å². The Kier molecular flexibility index (Phi) is 3.58. The van der Waals surface area contributed by atoms with Crippen molar-refractivity contribution in [2.45, 2.75) is 32.7 Å². The van der Waals surface area contributed by atoms with E-state index in [0.29, 0.717) is 24.0 Å². The molecule has 0 aromatic heterocycles. The topological polar surface area (TPSA) is 26.0 Å². The summed E-state index contributed by atoms with van der Waals surface area (Å²) in [5.41, 5.74) is 6.29. The van der Waals surface area contributed by atoms with E-state index in [4.69, 9.17) is 5.73 Å². The summed E-state index contributed by atoms with van der Waals surface area (Å²) < 4.78 is 26.4. The van der Waals surface area contributed by atoms with E-state index in [-0.39, 0.29) is 17.7 Å². The van der Waals surface area contributed by atoms with Crippen LogP contribution < -0.4 is 5.73 Å². The molecule has 1 atom stereocenters. The molecule has 1 rings (SSSR count). The summed E-state index contributed by atoms with van der Waals surface area (Å²) in [7, 11) is 0. The molecule has 14 heavy (non-hydrogen) atoms. The SMILES string of the molecule is Cc1cc(F)c(CCC(C)N)cc1F. The van der Waals surface area contributed by atoms with Crippen molar-refractivity contribution in [3.8, 4) is 0 Å². The van der Waals surface area contributed by atoms with Gasteiger partial charge >= 0.3 is 0 Å². The first-order valence-electron chi connectivity index (χ1n) is 4.71. The summed E-state index contributed by atoms with van der Waals surface area (Å²) in [5, 5.41) is 0. The van der Waals surface area contributed by atoms with Crippen LogP contribution in [0.25, 0.3) is 0 Å². The van der Waals surface area contributed by atoms with Crippen molar-refractivity contribution in [3.05, 3.63) is 34.9 Å². The molecule has 0 aliphatic heterocycles. The van der Waals surface area contributed by atoms with E-state index in [9.17, 15) is 8.78 Å². The monoisotopic (exact) mass is 199 g/mol. The highest BCUT2D eigenvalue weighted by Gasteiger charge is 2.07. The molecule has 0 fully saturated rings. The van der Waals surface area contributed by atoms with Crippen LogP contribution in [0.1, 0.15) is 24.5 Å². The van der Waals surface area contributed by atoms with Gasteiger partial charge in [-0.05, 0) is 49.9 Å². The zero-order valence-electron chi connectivity index (χ0n) is 8.48. The average Bonchev–Trinajstić information content (AvgIpc) is 2.09. The van der Waals surface area contributed by atoms with Crippen molar-refractivity contribution < 1.29 is 8.78 Å². The Labute approximate surface area is 82.9 Å². The normalized spacial score (nSPS) is 12.9. The van der Waals surface area contributed by atoms with Crippen LogP contribution in [-0.4, -0.2) is 6.04 Å². The second-order valence-corrected chi connectivity index (χ2v) is 3.71. The third-order valence-electron chi connectivity index (χ3n) is 2.20. The molecule has 0 saturated carbocycles. The summed E-state index contributed by atoms with van der Waals surface area (Å²) in [6.45, 7) is 3.40. The molecular weight excluding hydrogens is 184 g/mol. The number of nitrogens with two attached hydrogens (primary N) is 1. The van der Waals surface area contributed by atoms with Crippen LogP contribution in [-0.2, 0) is 6.42 Å². The summed E-state index contributed by atoms with van der Waals surface area (Å²) in [5.74, 6) is -0.698. The summed E-state index contributed by atoms with van der Waals surface area (Å²) in [4.78, 5) is 0. The molecule has 0 bridgehead atoms. The van der Waals surface area contributed by atoms with Gasteiger partial charge in [0.05, 0.1) is 0 Å². The number of benzene rings is 1. The third-order valence-corrected chi connectivity index (χ3v) is 2.20. The zero-order chi connectivity index (χ0) is 10.7. The number of hydrogen-bond donors (Lipinski definition) is 1. The molecule has 0 heterocycles. The van der Waals surface area contributed by atoms with E-state index in [0.717, 1.165) is 0 Å². The lowest BCUT2D eigenvalue weighted by atomic mass is 10.0. The van der Waals surface area contributed by atoms with Gasteiger partial charge < -0.3 is 5.73 Å². The maximum absolute atomic E-state index is 13.3. The highest BCUT2D eigenvalue weighted by Crippen LogP contribution is 2.15. The Bertz CT molecular complexity index is 321. The Morgan fingerprint density at radius 1 is 1.29 bits per heavy atom. The van der Waals surface area contributed by atoms with Crippen molar-refractivity contribution >= 4 is 0 Å². The van der Waals surface area contributed by atoms with Crippen LogP contribution in [0.2, 0.25) is 0 Å². The fourth-order valence-electron chi connectivity index (χ4n) is 1.26. The largest absolute Gasteiger partial charge is 0.328 e. The Balaban J connectivity index is 2.82. The average molecular weight is 199 g/mol. The van der Waals surface area contributed by atoms with Gasteiger partial charge in [-0.25, -0.2) is 8.78 Å². The van der Waals surface area contributed by atoms with E-state index in [1.807, 2.05) is 6.92 Å². The zero-order valence-corrected chi connectivity index (χ0v) is 8.48. The first kappa shape index (κ1) is 11.1. The van der Waals surface area contributed by atoms with Gasteiger partial charge in [0.25, 0.3) is 0 Å². The molecule has 0 saturated heterocycles. The third kappa shape index (κ3) is 2.77. The van der Waals surface area contributed by atoms with Crippen LogP contribution in [0.4, 0.5) is 8.78 Å². The lowest BCUT2D eigenvalue weighted by molar-refractivity contribution is 0.566. The minimum absolute atomic E-state index is 0.0127. The second-order valence-electron chi connectivity index (χ2n) is 3.71. The first-order valence-corrected chi connectivity index (χ1v) is 4.71. The molecule has 78 valence electrons. The van der Waals surface area contributed by atoms with Crippen LogP contribution >= 0.6 is 0 Å². The molecule has 1 aromatic rings. The van der Waals surface area contributed by atoms with E-state index in [1.165, 1.54) is 12.1 Å². The minimum Gasteiger partial charge on any atom is -0.328 e. The lowest BCUT2D eigenvalue weighted by Gasteiger charge is -2.07. The Morgan fingerprint density at radius 2 is 1.93 bits per heavy atom. The molecule has 0 radical (unpaired) electrons. The van der Waals surface area contributed by atoms with Crippen molar-refractivity contribution in [2.75, 3.05) is 0 Å². The molecular formula is C11H15F2N. The van der Waals surface area contributed by atoms with Crippen molar-refractivity contribution in [1.82, 2.24) is 0 Å². The van der Waals surface area contributed by atoms with Crippen LogP contribution in [0.3, 0.4) is 0 Å². The smallest absolute Gasteiger partial charge is 0.126 e. The standard InChI is InChI=1S/C11H15F2N/c1-7-5-11(13)9(6-10(7)12)4-3-8(2)14/h5-6,8H,3-4,14H2,1-2H3. The maximum Gasteiger partial charge on any atom is 0.126 e. The molecule has 0 spiro atoms. The molecule has 0 amide bonds. The number of rotatable bonds is 3. The van der Waals surface area contributed by atoms with E-state index >= 15 is 0 Å². The first-order chi connectivity index (χ1) is 6.50. The highest BCUT2D eigenvalue weighted by atomic mass is 19.1. The maximum atomic E-state index is 13.3. The van der Waals surface area contributed by atoms with Crippen molar-refractivity contribution in [1.29, 1.82) is 0 Å². The Hall–Kier alpha value is -0.960. The van der Waals surface area contributed by atoms with Gasteiger partial charge in [0.1, 0.15) is 11.6 Å². The fourth-order valence-corrected chi connectivity index (χ4v) is 1.26. The predicted octanol–water partition coefficient (Wildman–Crippen LogP) is 2.55. The van der Waals surface area contributed by atoms with Crippen LogP contribution in [0, 0.1) is 18.6 Å². The minimum atomic E-state index is -0.355. The Morgan fingerprint density at radius 3 is 2.50 bits per heavy atom. The predicted molar refractivity (Wildman–Crippen MR) is 53.1 cm³/mol. The number of hydrogen-bond acceptors (Lipinski definition) is 1. The molecule has 1 nitrogen and oxygen atoms in total. The second kappa shape index (κ2) is 4.51. The van der Waals surface area contributed by atoms with E-state index in [1.54, 1.807) is 6.92 Å². The van der Waals surface area contributed by atoms with Gasteiger partial charge in [0.15, 0.2) is 0 Å². The van der Waals surface area contributed by atoms with Crippen molar-refractivity contribution in [2.24, 2.45) is 5.73 Å². The molecule has 1 aromatic carbocycles. The van der Waals surface area contributed by atoms with Crippen molar-refractivity contribution in [3.63, 3.8) is 0 Å². The molecule has 0 aliphatic rings. The quantitative estimate of drug-likeness (QED) is 0.795. The van der Waals surface area contributed by atoms with Gasteiger partial charge in [-0.15, -0.1) is 0 Å². The van der Waals surface area contributed by atoms with Crippen LogP contribution in [0.5, 0.6) is 0 Å². The molecule has 0 aliphatic carbocycles. The fraction of sp³-hybridized carbons (Fsp3) is 0.455. The lowest BCUT2D eigenvalue weighted by Crippen LogP contribution is -2.15. The number of aryl methyl sites for hydroxylation is 2. The molecule has 2 N–H and O–H groups in total. The van der Waals surface area contributed by atoms with E-state index in [2.05, 4.69) is 0 Å². The summed E-state index contributed by atoms with van der Waals surface area (Å²) in [6, 6.07) is 2.50. The van der Waals surface area contributed by atoms with Gasteiger partial charge in [-0.3, -0.25) is 0 Å². The molecule has 3 heteroatoms. The summed E-state index contributed by atoms with van der Waals surface area (Å²) in [6.07, 6.45) is 1.15. The molecule has 1 unspecified atom stereocenters.